The first-order chi connectivity index (χ1) is 12.7. The summed E-state index contributed by atoms with van der Waals surface area (Å²) < 4.78 is 1.89. The van der Waals surface area contributed by atoms with E-state index >= 15 is 0 Å². The van der Waals surface area contributed by atoms with Crippen molar-refractivity contribution in [3.8, 4) is 16.3 Å². The van der Waals surface area contributed by atoms with E-state index in [4.69, 9.17) is 5.10 Å². The second-order valence-electron chi connectivity index (χ2n) is 6.22. The summed E-state index contributed by atoms with van der Waals surface area (Å²) in [5, 5.41) is 9.92. The Kier molecular flexibility index (Phi) is 8.03. The van der Waals surface area contributed by atoms with Crippen LogP contribution in [-0.4, -0.2) is 41.2 Å². The van der Waals surface area contributed by atoms with E-state index in [2.05, 4.69) is 11.4 Å². The maximum absolute atomic E-state index is 12.4. The summed E-state index contributed by atoms with van der Waals surface area (Å²) in [6, 6.07) is 14.1. The van der Waals surface area contributed by atoms with Gasteiger partial charge in [-0.3, -0.25) is 4.79 Å². The predicted octanol–water partition coefficient (Wildman–Crippen LogP) is 3.98. The molecule has 0 atom stereocenters. The van der Waals surface area contributed by atoms with Gasteiger partial charge < -0.3 is 10.2 Å². The first kappa shape index (κ1) is 21.2. The Morgan fingerprint density at radius 1 is 1.22 bits per heavy atom. The highest BCUT2D eigenvalue weighted by atomic mass is 35.5. The number of nitrogens with zero attached hydrogens (tertiary/aromatic N) is 3. The van der Waals surface area contributed by atoms with E-state index in [1.54, 1.807) is 16.2 Å². The quantitative estimate of drug-likeness (QED) is 0.578. The van der Waals surface area contributed by atoms with Crippen LogP contribution in [-0.2, 0) is 11.3 Å². The van der Waals surface area contributed by atoms with Gasteiger partial charge in [0.2, 0.25) is 5.91 Å². The number of hydrogen-bond acceptors (Lipinski definition) is 4. The first-order valence-corrected chi connectivity index (χ1v) is 9.63. The molecule has 144 valence electrons. The third-order valence-electron chi connectivity index (χ3n) is 4.22. The van der Waals surface area contributed by atoms with Gasteiger partial charge in [-0.25, -0.2) is 4.68 Å². The van der Waals surface area contributed by atoms with Crippen LogP contribution in [0.3, 0.4) is 0 Å². The molecule has 0 aliphatic rings. The van der Waals surface area contributed by atoms with Gasteiger partial charge in [-0.15, -0.1) is 23.7 Å². The highest BCUT2D eigenvalue weighted by Crippen LogP contribution is 2.28. The van der Waals surface area contributed by atoms with Gasteiger partial charge in [-0.05, 0) is 43.6 Å². The molecule has 0 bridgehead atoms. The van der Waals surface area contributed by atoms with Crippen molar-refractivity contribution in [1.82, 2.24) is 20.0 Å². The van der Waals surface area contributed by atoms with E-state index in [0.717, 1.165) is 34.8 Å². The first-order valence-electron chi connectivity index (χ1n) is 8.75. The smallest absolute Gasteiger partial charge is 0.222 e. The van der Waals surface area contributed by atoms with Crippen molar-refractivity contribution in [2.75, 3.05) is 20.6 Å². The Bertz CT molecular complexity index is 833. The highest BCUT2D eigenvalue weighted by molar-refractivity contribution is 7.13. The van der Waals surface area contributed by atoms with Gasteiger partial charge in [0.25, 0.3) is 0 Å². The predicted molar refractivity (Wildman–Crippen MR) is 114 cm³/mol. The molecule has 2 heterocycles. The van der Waals surface area contributed by atoms with E-state index in [-0.39, 0.29) is 18.3 Å². The second kappa shape index (κ2) is 10.3. The second-order valence-corrected chi connectivity index (χ2v) is 7.16. The number of nitrogens with one attached hydrogen (secondary N) is 1. The summed E-state index contributed by atoms with van der Waals surface area (Å²) >= 11 is 1.66. The van der Waals surface area contributed by atoms with Gasteiger partial charge in [0.1, 0.15) is 5.69 Å². The number of carbonyl (C=O) groups is 1. The van der Waals surface area contributed by atoms with Gasteiger partial charge in [0, 0.05) is 31.8 Å². The third-order valence-corrected chi connectivity index (χ3v) is 5.09. The Morgan fingerprint density at radius 2 is 2.00 bits per heavy atom. The normalized spacial score (nSPS) is 10.4. The number of benzene rings is 1. The van der Waals surface area contributed by atoms with Crippen molar-refractivity contribution in [2.45, 2.75) is 19.4 Å². The van der Waals surface area contributed by atoms with Crippen LogP contribution in [0.2, 0.25) is 0 Å². The Hall–Kier alpha value is -2.15. The Labute approximate surface area is 170 Å². The fourth-order valence-corrected chi connectivity index (χ4v) is 3.55. The number of halogens is 1. The van der Waals surface area contributed by atoms with Crippen LogP contribution in [0.1, 0.15) is 18.4 Å². The number of amides is 1. The molecular weight excluding hydrogens is 380 g/mol. The molecule has 27 heavy (non-hydrogen) atoms. The summed E-state index contributed by atoms with van der Waals surface area (Å²) in [4.78, 5) is 15.3. The monoisotopic (exact) mass is 404 g/mol. The molecule has 0 unspecified atom stereocenters. The van der Waals surface area contributed by atoms with Gasteiger partial charge in [0.15, 0.2) is 0 Å². The molecule has 0 spiro atoms. The lowest BCUT2D eigenvalue weighted by atomic mass is 10.2. The molecule has 3 rings (SSSR count). The lowest BCUT2D eigenvalue weighted by Gasteiger charge is -2.17. The summed E-state index contributed by atoms with van der Waals surface area (Å²) in [5.41, 5.74) is 3.01. The average Bonchev–Trinajstić information content (AvgIpc) is 3.32. The van der Waals surface area contributed by atoms with E-state index < -0.39 is 0 Å². The molecule has 0 aliphatic carbocycles. The summed E-state index contributed by atoms with van der Waals surface area (Å²) in [5.74, 6) is 0.157. The fraction of sp³-hybridized carbons (Fsp3) is 0.300. The van der Waals surface area contributed by atoms with Crippen LogP contribution in [0.25, 0.3) is 16.3 Å². The fourth-order valence-electron chi connectivity index (χ4n) is 2.81. The molecule has 0 saturated carbocycles. The minimum absolute atomic E-state index is 0. The third kappa shape index (κ3) is 5.42. The zero-order chi connectivity index (χ0) is 18.4. The van der Waals surface area contributed by atoms with E-state index in [1.807, 2.05) is 66.8 Å². The average molecular weight is 405 g/mol. The van der Waals surface area contributed by atoms with Crippen molar-refractivity contribution in [3.05, 3.63) is 59.6 Å². The number of thiophene rings is 1. The zero-order valence-corrected chi connectivity index (χ0v) is 17.2. The molecule has 0 fully saturated rings. The molecule has 0 radical (unpaired) electrons. The number of carbonyl (C=O) groups excluding carboxylic acids is 1. The van der Waals surface area contributed by atoms with Crippen molar-refractivity contribution in [2.24, 2.45) is 0 Å². The van der Waals surface area contributed by atoms with Crippen LogP contribution in [0.5, 0.6) is 0 Å². The standard InChI is InChI=1S/C20H24N4OS.ClH/c1-21-12-6-11-19(25)23(2)14-16-15-24(17-8-4-3-5-9-17)22-20(16)18-10-7-13-26-18;/h3-5,7-10,13,15,21H,6,11-12,14H2,1-2H3;1H. The number of para-hydroxylation sites is 1. The Balaban J connectivity index is 0.00000261. The summed E-state index contributed by atoms with van der Waals surface area (Å²) in [7, 11) is 3.76. The lowest BCUT2D eigenvalue weighted by Crippen LogP contribution is -2.26. The number of rotatable bonds is 8. The number of hydrogen-bond donors (Lipinski definition) is 1. The lowest BCUT2D eigenvalue weighted by molar-refractivity contribution is -0.130. The van der Waals surface area contributed by atoms with Gasteiger partial charge in [-0.1, -0.05) is 24.3 Å². The highest BCUT2D eigenvalue weighted by Gasteiger charge is 2.17. The van der Waals surface area contributed by atoms with Crippen molar-refractivity contribution >= 4 is 29.7 Å². The number of aromatic nitrogens is 2. The molecular formula is C20H25ClN4OS. The van der Waals surface area contributed by atoms with E-state index in [0.29, 0.717) is 13.0 Å². The van der Waals surface area contributed by atoms with Gasteiger partial charge in [0.05, 0.1) is 10.6 Å². The Morgan fingerprint density at radius 3 is 2.67 bits per heavy atom. The molecule has 7 heteroatoms. The summed E-state index contributed by atoms with van der Waals surface area (Å²) in [6.45, 7) is 1.41. The topological polar surface area (TPSA) is 50.2 Å². The molecule has 1 amide bonds. The zero-order valence-electron chi connectivity index (χ0n) is 15.6. The van der Waals surface area contributed by atoms with Crippen LogP contribution in [0.15, 0.2) is 54.0 Å². The van der Waals surface area contributed by atoms with Crippen LogP contribution >= 0.6 is 23.7 Å². The minimum atomic E-state index is 0. The molecule has 0 saturated heterocycles. The van der Waals surface area contributed by atoms with Crippen molar-refractivity contribution < 1.29 is 4.79 Å². The maximum atomic E-state index is 12.4. The van der Waals surface area contributed by atoms with Gasteiger partial charge >= 0.3 is 0 Å². The van der Waals surface area contributed by atoms with Gasteiger partial charge in [-0.2, -0.15) is 5.10 Å². The summed E-state index contributed by atoms with van der Waals surface area (Å²) in [6.07, 6.45) is 3.43. The molecule has 2 aromatic heterocycles. The maximum Gasteiger partial charge on any atom is 0.222 e. The van der Waals surface area contributed by atoms with E-state index in [9.17, 15) is 4.79 Å². The van der Waals surface area contributed by atoms with Crippen LogP contribution in [0.4, 0.5) is 0 Å². The van der Waals surface area contributed by atoms with Crippen LogP contribution < -0.4 is 5.32 Å². The SMILES string of the molecule is CNCCCC(=O)N(C)Cc1cn(-c2ccccc2)nc1-c1cccs1.Cl. The molecule has 0 aliphatic heterocycles. The van der Waals surface area contributed by atoms with Crippen molar-refractivity contribution in [3.63, 3.8) is 0 Å². The molecule has 1 aromatic carbocycles. The molecule has 3 aromatic rings. The van der Waals surface area contributed by atoms with Crippen LogP contribution in [0, 0.1) is 0 Å². The minimum Gasteiger partial charge on any atom is -0.341 e. The molecule has 5 nitrogen and oxygen atoms in total. The van der Waals surface area contributed by atoms with Crippen molar-refractivity contribution in [1.29, 1.82) is 0 Å². The molecule has 1 N–H and O–H groups in total. The van der Waals surface area contributed by atoms with E-state index in [1.165, 1.54) is 0 Å². The largest absolute Gasteiger partial charge is 0.341 e.